The van der Waals surface area contributed by atoms with Gasteiger partial charge in [0.05, 0.1) is 13.1 Å². The summed E-state index contributed by atoms with van der Waals surface area (Å²) in [6.07, 6.45) is 0. The molecule has 3 nitrogen and oxygen atoms in total. The van der Waals surface area contributed by atoms with E-state index in [1.165, 1.54) is 21.9 Å². The zero-order valence-corrected chi connectivity index (χ0v) is 19.0. The van der Waals surface area contributed by atoms with Crippen molar-refractivity contribution in [3.63, 3.8) is 0 Å². The molecule has 162 valence electrons. The van der Waals surface area contributed by atoms with Crippen molar-refractivity contribution in [1.29, 1.82) is 0 Å². The van der Waals surface area contributed by atoms with E-state index in [1.807, 2.05) is 74.5 Å². The molecule has 0 saturated heterocycles. The molecular formula is C29H31N3. The topological polar surface area (TPSA) is 37.1 Å². The van der Waals surface area contributed by atoms with Crippen LogP contribution >= 0.6 is 0 Å². The molecule has 0 aliphatic carbocycles. The molecule has 4 aromatic rings. The van der Waals surface area contributed by atoms with E-state index in [0.29, 0.717) is 12.4 Å². The summed E-state index contributed by atoms with van der Waals surface area (Å²) in [5.41, 5.74) is 3.41. The van der Waals surface area contributed by atoms with Crippen molar-refractivity contribution in [3.8, 4) is 0 Å². The quantitative estimate of drug-likeness (QED) is 0.238. The standard InChI is InChI=1S/C19H16N2.C8H9N.C2H6/c1-20-19(16-9-3-2-4-10-16)21-14-17-12-7-11-15-8-5-6-13-18(15)17;1-9-7-8-5-3-2-4-6-8;1-2/h2-13H,1,14H2;2-6H,1,7H2;1-2H3. The normalized spacial score (nSPS) is 10.2. The number of amidine groups is 1. The Bertz CT molecular complexity index is 1110. The van der Waals surface area contributed by atoms with E-state index < -0.39 is 0 Å². The minimum Gasteiger partial charge on any atom is -0.296 e. The molecule has 3 heteroatoms. The molecule has 0 aliphatic rings. The van der Waals surface area contributed by atoms with Crippen molar-refractivity contribution in [2.75, 3.05) is 0 Å². The SMILES string of the molecule is C=NC(=NCc1cccc2ccccc12)c1ccccc1.C=NCc1ccccc1.CC. The Morgan fingerprint density at radius 1 is 0.656 bits per heavy atom. The van der Waals surface area contributed by atoms with Gasteiger partial charge in [-0.2, -0.15) is 0 Å². The van der Waals surface area contributed by atoms with Crippen LogP contribution in [0, 0.1) is 0 Å². The van der Waals surface area contributed by atoms with E-state index in [2.05, 4.69) is 70.9 Å². The molecule has 0 saturated carbocycles. The second kappa shape index (κ2) is 14.2. The minimum atomic E-state index is 0.602. The Hall–Kier alpha value is -3.85. The fraction of sp³-hybridized carbons (Fsp3) is 0.138. The monoisotopic (exact) mass is 421 g/mol. The third kappa shape index (κ3) is 7.44. The summed E-state index contributed by atoms with van der Waals surface area (Å²) in [6, 6.07) is 34.6. The van der Waals surface area contributed by atoms with Gasteiger partial charge in [-0.1, -0.05) is 117 Å². The first-order chi connectivity index (χ1) is 15.8. The zero-order chi connectivity index (χ0) is 23.0. The highest BCUT2D eigenvalue weighted by Crippen LogP contribution is 2.19. The van der Waals surface area contributed by atoms with Crippen LogP contribution in [-0.2, 0) is 13.1 Å². The lowest BCUT2D eigenvalue weighted by Gasteiger charge is -2.05. The number of benzene rings is 4. The van der Waals surface area contributed by atoms with Crippen molar-refractivity contribution < 1.29 is 0 Å². The molecule has 0 atom stereocenters. The van der Waals surface area contributed by atoms with E-state index in [9.17, 15) is 0 Å². The molecule has 0 amide bonds. The van der Waals surface area contributed by atoms with Crippen LogP contribution in [0.2, 0.25) is 0 Å². The molecule has 32 heavy (non-hydrogen) atoms. The molecule has 4 aromatic carbocycles. The second-order valence-corrected chi connectivity index (χ2v) is 6.67. The summed E-state index contributed by atoms with van der Waals surface area (Å²) in [6.45, 7) is 12.4. The van der Waals surface area contributed by atoms with Crippen LogP contribution in [0.5, 0.6) is 0 Å². The fourth-order valence-electron chi connectivity index (χ4n) is 3.12. The minimum absolute atomic E-state index is 0.602. The van der Waals surface area contributed by atoms with E-state index in [4.69, 9.17) is 0 Å². The third-order valence-corrected chi connectivity index (χ3v) is 4.60. The summed E-state index contributed by atoms with van der Waals surface area (Å²) in [5.74, 6) is 0.684. The highest BCUT2D eigenvalue weighted by Gasteiger charge is 2.02. The van der Waals surface area contributed by atoms with Crippen molar-refractivity contribution in [3.05, 3.63) is 120 Å². The van der Waals surface area contributed by atoms with Crippen LogP contribution in [0.1, 0.15) is 30.5 Å². The molecule has 0 spiro atoms. The first-order valence-corrected chi connectivity index (χ1v) is 10.8. The van der Waals surface area contributed by atoms with Gasteiger partial charge in [-0.3, -0.25) is 9.98 Å². The lowest BCUT2D eigenvalue weighted by Crippen LogP contribution is -1.97. The van der Waals surface area contributed by atoms with Crippen LogP contribution in [-0.4, -0.2) is 19.3 Å². The summed E-state index contributed by atoms with van der Waals surface area (Å²) in [7, 11) is 0. The first kappa shape index (κ1) is 24.4. The molecule has 0 bridgehead atoms. The lowest BCUT2D eigenvalue weighted by atomic mass is 10.0. The van der Waals surface area contributed by atoms with E-state index in [0.717, 1.165) is 12.1 Å². The fourth-order valence-corrected chi connectivity index (χ4v) is 3.12. The molecule has 0 unspecified atom stereocenters. The summed E-state index contributed by atoms with van der Waals surface area (Å²) >= 11 is 0. The number of hydrogen-bond donors (Lipinski definition) is 0. The van der Waals surface area contributed by atoms with E-state index in [1.54, 1.807) is 0 Å². The summed E-state index contributed by atoms with van der Waals surface area (Å²) < 4.78 is 0. The molecule has 0 fully saturated rings. The van der Waals surface area contributed by atoms with Gasteiger partial charge in [0.1, 0.15) is 0 Å². The van der Waals surface area contributed by atoms with Crippen LogP contribution < -0.4 is 0 Å². The molecule has 0 heterocycles. The van der Waals surface area contributed by atoms with Crippen molar-refractivity contribution >= 4 is 30.0 Å². The Morgan fingerprint density at radius 3 is 1.91 bits per heavy atom. The number of fused-ring (bicyclic) bond motifs is 1. The maximum absolute atomic E-state index is 4.62. The summed E-state index contributed by atoms with van der Waals surface area (Å²) in [4.78, 5) is 12.4. The van der Waals surface area contributed by atoms with Gasteiger partial charge < -0.3 is 0 Å². The van der Waals surface area contributed by atoms with Crippen LogP contribution in [0.25, 0.3) is 10.8 Å². The number of hydrogen-bond acceptors (Lipinski definition) is 2. The highest BCUT2D eigenvalue weighted by molar-refractivity contribution is 6.01. The average Bonchev–Trinajstić information content (AvgIpc) is 2.88. The molecule has 0 N–H and O–H groups in total. The average molecular weight is 422 g/mol. The predicted octanol–water partition coefficient (Wildman–Crippen LogP) is 7.40. The maximum atomic E-state index is 4.62. The lowest BCUT2D eigenvalue weighted by molar-refractivity contribution is 1.08. The molecule has 4 rings (SSSR count). The van der Waals surface area contributed by atoms with Gasteiger partial charge >= 0.3 is 0 Å². The van der Waals surface area contributed by atoms with Gasteiger partial charge in [0.25, 0.3) is 0 Å². The second-order valence-electron chi connectivity index (χ2n) is 6.67. The van der Waals surface area contributed by atoms with Crippen LogP contribution in [0.15, 0.2) is 118 Å². The maximum Gasteiger partial charge on any atom is 0.154 e. The van der Waals surface area contributed by atoms with Crippen LogP contribution in [0.3, 0.4) is 0 Å². The van der Waals surface area contributed by atoms with Gasteiger partial charge in [0.15, 0.2) is 5.84 Å². The van der Waals surface area contributed by atoms with Crippen LogP contribution in [0.4, 0.5) is 0 Å². The van der Waals surface area contributed by atoms with Gasteiger partial charge in [0.2, 0.25) is 0 Å². The van der Waals surface area contributed by atoms with Gasteiger partial charge in [-0.05, 0) is 35.3 Å². The van der Waals surface area contributed by atoms with E-state index in [-0.39, 0.29) is 0 Å². The molecular weight excluding hydrogens is 390 g/mol. The van der Waals surface area contributed by atoms with Crippen molar-refractivity contribution in [2.24, 2.45) is 15.0 Å². The number of nitrogens with zero attached hydrogens (tertiary/aromatic N) is 3. The molecule has 0 aliphatic heterocycles. The largest absolute Gasteiger partial charge is 0.296 e. The Balaban J connectivity index is 0.000000277. The highest BCUT2D eigenvalue weighted by atomic mass is 14.9. The summed E-state index contributed by atoms with van der Waals surface area (Å²) in [5, 5.41) is 2.47. The predicted molar refractivity (Wildman–Crippen MR) is 141 cm³/mol. The Kier molecular flexibility index (Phi) is 10.8. The zero-order valence-electron chi connectivity index (χ0n) is 19.0. The van der Waals surface area contributed by atoms with Crippen molar-refractivity contribution in [2.45, 2.75) is 26.9 Å². The van der Waals surface area contributed by atoms with Crippen molar-refractivity contribution in [1.82, 2.24) is 0 Å². The van der Waals surface area contributed by atoms with E-state index >= 15 is 0 Å². The van der Waals surface area contributed by atoms with Gasteiger partial charge in [0, 0.05) is 5.56 Å². The van der Waals surface area contributed by atoms with Gasteiger partial charge in [-0.15, -0.1) is 0 Å². The first-order valence-electron chi connectivity index (χ1n) is 10.8. The molecule has 0 aromatic heterocycles. The smallest absolute Gasteiger partial charge is 0.154 e. The molecule has 0 radical (unpaired) electrons. The van der Waals surface area contributed by atoms with Gasteiger partial charge in [-0.25, -0.2) is 4.99 Å². The number of rotatable bonds is 5. The Morgan fingerprint density at radius 2 is 1.25 bits per heavy atom. The Labute approximate surface area is 191 Å². The third-order valence-electron chi connectivity index (χ3n) is 4.60. The number of aliphatic imine (C=N–C) groups is 3.